The number of amides is 2. The van der Waals surface area contributed by atoms with Gasteiger partial charge >= 0.3 is 6.03 Å². The van der Waals surface area contributed by atoms with Crippen LogP contribution in [0.15, 0.2) is 89.8 Å². The Balaban J connectivity index is 1.60. The lowest BCUT2D eigenvalue weighted by molar-refractivity contribution is 0.240. The molecule has 0 saturated carbocycles. The Bertz CT molecular complexity index is 1080. The highest BCUT2D eigenvalue weighted by molar-refractivity contribution is 7.89. The van der Waals surface area contributed by atoms with E-state index in [9.17, 15) is 13.2 Å². The molecule has 32 heavy (non-hydrogen) atoms. The minimum Gasteiger partial charge on any atom is -0.338 e. The van der Waals surface area contributed by atoms with Crippen molar-refractivity contribution in [1.29, 1.82) is 0 Å². The topological polar surface area (TPSA) is 78.5 Å². The molecule has 0 aromatic heterocycles. The second kappa shape index (κ2) is 10.9. The van der Waals surface area contributed by atoms with E-state index < -0.39 is 10.0 Å². The monoisotopic (exact) mass is 451 g/mol. The molecule has 0 atom stereocenters. The molecule has 0 unspecified atom stereocenters. The van der Waals surface area contributed by atoms with E-state index in [1.807, 2.05) is 36.4 Å². The van der Waals surface area contributed by atoms with E-state index in [1.54, 1.807) is 24.3 Å². The molecular weight excluding hydrogens is 422 g/mol. The molecule has 0 heterocycles. The van der Waals surface area contributed by atoms with Gasteiger partial charge in [0.1, 0.15) is 0 Å². The van der Waals surface area contributed by atoms with Crippen LogP contribution < -0.4 is 10.6 Å². The normalized spacial score (nSPS) is 11.5. The average Bonchev–Trinajstić information content (AvgIpc) is 2.81. The fourth-order valence-electron chi connectivity index (χ4n) is 3.56. The second-order valence-corrected chi connectivity index (χ2v) is 9.79. The molecule has 6 nitrogen and oxygen atoms in total. The standard InChI is InChI=1S/C25H29N3O3S/c1-28(2)32(30,31)24-16-10-9-15-22(24)19-27-25(29)26-18-17-23(20-11-5-3-6-12-20)21-13-7-4-8-14-21/h3-16,23H,17-19H2,1-2H3,(H2,26,27,29). The molecule has 2 amide bonds. The predicted octanol–water partition coefficient (Wildman–Crippen LogP) is 3.96. The molecule has 3 aromatic rings. The van der Waals surface area contributed by atoms with Gasteiger partial charge in [-0.1, -0.05) is 78.9 Å². The largest absolute Gasteiger partial charge is 0.338 e. The van der Waals surface area contributed by atoms with Crippen LogP contribution in [0.3, 0.4) is 0 Å². The summed E-state index contributed by atoms with van der Waals surface area (Å²) >= 11 is 0. The molecule has 0 aliphatic carbocycles. The first-order valence-electron chi connectivity index (χ1n) is 10.5. The summed E-state index contributed by atoms with van der Waals surface area (Å²) in [5.41, 5.74) is 2.94. The van der Waals surface area contributed by atoms with Gasteiger partial charge in [0.2, 0.25) is 10.0 Å². The average molecular weight is 452 g/mol. The van der Waals surface area contributed by atoms with Crippen molar-refractivity contribution in [2.75, 3.05) is 20.6 Å². The summed E-state index contributed by atoms with van der Waals surface area (Å²) in [6, 6.07) is 26.8. The Kier molecular flexibility index (Phi) is 8.03. The maximum atomic E-state index is 12.5. The van der Waals surface area contributed by atoms with Crippen molar-refractivity contribution in [3.05, 3.63) is 102 Å². The summed E-state index contributed by atoms with van der Waals surface area (Å²) in [6.07, 6.45) is 0.743. The summed E-state index contributed by atoms with van der Waals surface area (Å²) < 4.78 is 26.2. The lowest BCUT2D eigenvalue weighted by Gasteiger charge is -2.19. The smallest absolute Gasteiger partial charge is 0.315 e. The molecule has 7 heteroatoms. The maximum Gasteiger partial charge on any atom is 0.315 e. The molecule has 0 fully saturated rings. The Hall–Kier alpha value is -3.16. The SMILES string of the molecule is CN(C)S(=O)(=O)c1ccccc1CNC(=O)NCCC(c1ccccc1)c1ccccc1. The lowest BCUT2D eigenvalue weighted by Crippen LogP contribution is -2.36. The van der Waals surface area contributed by atoms with Crippen molar-refractivity contribution in [3.8, 4) is 0 Å². The van der Waals surface area contributed by atoms with Gasteiger partial charge in [-0.15, -0.1) is 0 Å². The molecule has 0 bridgehead atoms. The van der Waals surface area contributed by atoms with Crippen LogP contribution in [0.2, 0.25) is 0 Å². The molecule has 3 aromatic carbocycles. The highest BCUT2D eigenvalue weighted by Crippen LogP contribution is 2.27. The Morgan fingerprint density at radius 2 is 1.34 bits per heavy atom. The van der Waals surface area contributed by atoms with Crippen LogP contribution in [0.5, 0.6) is 0 Å². The summed E-state index contributed by atoms with van der Waals surface area (Å²) in [5, 5.41) is 5.66. The third-order valence-electron chi connectivity index (χ3n) is 5.29. The number of nitrogens with one attached hydrogen (secondary N) is 2. The first-order valence-corrected chi connectivity index (χ1v) is 12.0. The van der Waals surface area contributed by atoms with Gasteiger partial charge < -0.3 is 10.6 Å². The molecular formula is C25H29N3O3S. The zero-order valence-corrected chi connectivity index (χ0v) is 19.2. The van der Waals surface area contributed by atoms with Crippen LogP contribution in [0.1, 0.15) is 29.0 Å². The van der Waals surface area contributed by atoms with Gasteiger partial charge in [-0.25, -0.2) is 17.5 Å². The van der Waals surface area contributed by atoms with E-state index in [2.05, 4.69) is 34.9 Å². The third-order valence-corrected chi connectivity index (χ3v) is 7.21. The van der Waals surface area contributed by atoms with Crippen molar-refractivity contribution in [2.45, 2.75) is 23.8 Å². The van der Waals surface area contributed by atoms with Crippen molar-refractivity contribution >= 4 is 16.1 Å². The zero-order chi connectivity index (χ0) is 23.0. The number of hydrogen-bond acceptors (Lipinski definition) is 3. The minimum atomic E-state index is -3.58. The Morgan fingerprint density at radius 3 is 1.91 bits per heavy atom. The van der Waals surface area contributed by atoms with Gasteiger partial charge in [0.15, 0.2) is 0 Å². The van der Waals surface area contributed by atoms with Gasteiger partial charge in [0.05, 0.1) is 4.90 Å². The summed E-state index contributed by atoms with van der Waals surface area (Å²) in [7, 11) is -0.607. The van der Waals surface area contributed by atoms with Crippen LogP contribution in [0.4, 0.5) is 4.79 Å². The van der Waals surface area contributed by atoms with Gasteiger partial charge in [-0.2, -0.15) is 0 Å². The lowest BCUT2D eigenvalue weighted by atomic mass is 9.88. The molecule has 168 valence electrons. The quantitative estimate of drug-likeness (QED) is 0.517. The Labute approximate surface area is 190 Å². The highest BCUT2D eigenvalue weighted by Gasteiger charge is 2.21. The van der Waals surface area contributed by atoms with Crippen LogP contribution >= 0.6 is 0 Å². The van der Waals surface area contributed by atoms with Gasteiger partial charge in [-0.3, -0.25) is 0 Å². The van der Waals surface area contributed by atoms with E-state index in [0.29, 0.717) is 12.1 Å². The molecule has 0 aliphatic heterocycles. The molecule has 0 radical (unpaired) electrons. The van der Waals surface area contributed by atoms with Crippen LogP contribution in [0.25, 0.3) is 0 Å². The molecule has 3 rings (SSSR count). The molecule has 0 spiro atoms. The first-order chi connectivity index (χ1) is 15.4. The molecule has 0 aliphatic rings. The van der Waals surface area contributed by atoms with Gasteiger partial charge in [0.25, 0.3) is 0 Å². The van der Waals surface area contributed by atoms with E-state index in [1.165, 1.54) is 29.5 Å². The summed E-state index contributed by atoms with van der Waals surface area (Å²) in [5.74, 6) is 0.170. The van der Waals surface area contributed by atoms with Crippen LogP contribution in [-0.4, -0.2) is 39.4 Å². The second-order valence-electron chi connectivity index (χ2n) is 7.67. The molecule has 2 N–H and O–H groups in total. The molecule has 0 saturated heterocycles. The van der Waals surface area contributed by atoms with Gasteiger partial charge in [0, 0.05) is 33.1 Å². The number of carbonyl (C=O) groups excluding carboxylic acids is 1. The van der Waals surface area contributed by atoms with Crippen molar-refractivity contribution in [2.24, 2.45) is 0 Å². The number of nitrogens with zero attached hydrogens (tertiary/aromatic N) is 1. The number of carbonyl (C=O) groups is 1. The van der Waals surface area contributed by atoms with Crippen molar-refractivity contribution in [1.82, 2.24) is 14.9 Å². The highest BCUT2D eigenvalue weighted by atomic mass is 32.2. The summed E-state index contributed by atoms with van der Waals surface area (Å²) in [4.78, 5) is 12.6. The van der Waals surface area contributed by atoms with Crippen LogP contribution in [-0.2, 0) is 16.6 Å². The zero-order valence-electron chi connectivity index (χ0n) is 18.4. The summed E-state index contributed by atoms with van der Waals surface area (Å²) in [6.45, 7) is 0.605. The van der Waals surface area contributed by atoms with E-state index in [0.717, 1.165) is 6.42 Å². The van der Waals surface area contributed by atoms with Crippen molar-refractivity contribution in [3.63, 3.8) is 0 Å². The van der Waals surface area contributed by atoms with E-state index in [4.69, 9.17) is 0 Å². The number of urea groups is 1. The van der Waals surface area contributed by atoms with Gasteiger partial charge in [-0.05, 0) is 29.2 Å². The number of hydrogen-bond donors (Lipinski definition) is 2. The van der Waals surface area contributed by atoms with Crippen LogP contribution in [0, 0.1) is 0 Å². The number of rotatable bonds is 9. The van der Waals surface area contributed by atoms with E-state index in [-0.39, 0.29) is 23.4 Å². The number of benzene rings is 3. The third kappa shape index (κ3) is 5.96. The fraction of sp³-hybridized carbons (Fsp3) is 0.240. The minimum absolute atomic E-state index is 0.121. The van der Waals surface area contributed by atoms with Crippen molar-refractivity contribution < 1.29 is 13.2 Å². The maximum absolute atomic E-state index is 12.5. The predicted molar refractivity (Wildman–Crippen MR) is 127 cm³/mol. The fourth-order valence-corrected chi connectivity index (χ4v) is 4.68. The van der Waals surface area contributed by atoms with E-state index >= 15 is 0 Å². The number of sulfonamides is 1. The first kappa shape index (κ1) is 23.5. The Morgan fingerprint density at radius 1 is 0.812 bits per heavy atom.